The number of hydrogen-bond acceptors (Lipinski definition) is 5. The molecule has 0 bridgehead atoms. The highest BCUT2D eigenvalue weighted by Crippen LogP contribution is 2.31. The Kier molecular flexibility index (Phi) is 4.70. The normalized spacial score (nSPS) is 10.1. The smallest absolute Gasteiger partial charge is 0.270 e. The first-order valence-corrected chi connectivity index (χ1v) is 6.47. The van der Waals surface area contributed by atoms with Crippen LogP contribution < -0.4 is 16.0 Å². The van der Waals surface area contributed by atoms with E-state index in [1.54, 1.807) is 0 Å². The van der Waals surface area contributed by atoms with Crippen LogP contribution in [-0.2, 0) is 6.42 Å². The molecule has 0 aliphatic carbocycles. The summed E-state index contributed by atoms with van der Waals surface area (Å²) in [6.45, 7) is 0. The van der Waals surface area contributed by atoms with Crippen molar-refractivity contribution in [3.05, 3.63) is 69.3 Å². The van der Waals surface area contributed by atoms with Crippen LogP contribution in [0.1, 0.15) is 21.5 Å². The SMILES string of the molecule is COc1c(Cc2ccccc2)cc([N+](=O)[O-])cc1C(=O)NN. The zero-order valence-electron chi connectivity index (χ0n) is 11.9. The van der Waals surface area contributed by atoms with Crippen molar-refractivity contribution >= 4 is 11.6 Å². The molecule has 0 saturated carbocycles. The van der Waals surface area contributed by atoms with Crippen LogP contribution in [0.4, 0.5) is 5.69 Å². The lowest BCUT2D eigenvalue weighted by molar-refractivity contribution is -0.385. The molecule has 114 valence electrons. The first-order valence-electron chi connectivity index (χ1n) is 6.47. The average Bonchev–Trinajstić information content (AvgIpc) is 2.54. The Balaban J connectivity index is 2.57. The van der Waals surface area contributed by atoms with Gasteiger partial charge in [0.05, 0.1) is 17.6 Å². The molecule has 0 aliphatic rings. The van der Waals surface area contributed by atoms with Crippen molar-refractivity contribution in [2.45, 2.75) is 6.42 Å². The van der Waals surface area contributed by atoms with E-state index in [1.807, 2.05) is 35.8 Å². The van der Waals surface area contributed by atoms with Crippen LogP contribution in [0.2, 0.25) is 0 Å². The van der Waals surface area contributed by atoms with Gasteiger partial charge in [-0.05, 0) is 5.56 Å². The summed E-state index contributed by atoms with van der Waals surface area (Å²) >= 11 is 0. The van der Waals surface area contributed by atoms with E-state index >= 15 is 0 Å². The van der Waals surface area contributed by atoms with Gasteiger partial charge in [-0.2, -0.15) is 0 Å². The molecule has 0 radical (unpaired) electrons. The highest BCUT2D eigenvalue weighted by atomic mass is 16.6. The number of nitrogens with one attached hydrogen (secondary N) is 1. The van der Waals surface area contributed by atoms with Crippen LogP contribution in [-0.4, -0.2) is 17.9 Å². The minimum absolute atomic E-state index is 0.0325. The minimum atomic E-state index is -0.644. The second kappa shape index (κ2) is 6.68. The number of ether oxygens (including phenoxy) is 1. The Morgan fingerprint density at radius 2 is 2.00 bits per heavy atom. The topological polar surface area (TPSA) is 107 Å². The predicted octanol–water partition coefficient (Wildman–Crippen LogP) is 1.80. The van der Waals surface area contributed by atoms with Crippen molar-refractivity contribution in [3.8, 4) is 5.75 Å². The number of amides is 1. The lowest BCUT2D eigenvalue weighted by Crippen LogP contribution is -2.30. The first-order chi connectivity index (χ1) is 10.6. The highest BCUT2D eigenvalue weighted by Gasteiger charge is 2.21. The van der Waals surface area contributed by atoms with E-state index in [9.17, 15) is 14.9 Å². The van der Waals surface area contributed by atoms with E-state index < -0.39 is 10.8 Å². The second-order valence-electron chi connectivity index (χ2n) is 4.58. The summed E-state index contributed by atoms with van der Waals surface area (Å²) in [5.41, 5.74) is 3.30. The Bertz CT molecular complexity index is 701. The van der Waals surface area contributed by atoms with E-state index in [1.165, 1.54) is 13.2 Å². The molecule has 2 aromatic carbocycles. The molecule has 0 spiro atoms. The third-order valence-corrected chi connectivity index (χ3v) is 3.18. The Morgan fingerprint density at radius 3 is 2.55 bits per heavy atom. The number of methoxy groups -OCH3 is 1. The van der Waals surface area contributed by atoms with E-state index in [0.29, 0.717) is 12.0 Å². The molecule has 0 aliphatic heterocycles. The number of nitrogens with two attached hydrogens (primary N) is 1. The molecule has 7 heteroatoms. The standard InChI is InChI=1S/C15H15N3O4/c1-22-14-11(7-10-5-3-2-4-6-10)8-12(18(20)21)9-13(14)15(19)17-16/h2-6,8-9H,7,16H2,1H3,(H,17,19). The Hall–Kier alpha value is -2.93. The van der Waals surface area contributed by atoms with Gasteiger partial charge in [-0.1, -0.05) is 30.3 Å². The molecule has 3 N–H and O–H groups in total. The number of rotatable bonds is 5. The number of nitrogen functional groups attached to an aromatic ring is 1. The van der Waals surface area contributed by atoms with Crippen LogP contribution in [0.3, 0.4) is 0 Å². The number of benzene rings is 2. The van der Waals surface area contributed by atoms with Crippen molar-refractivity contribution in [3.63, 3.8) is 0 Å². The second-order valence-corrected chi connectivity index (χ2v) is 4.58. The Labute approximate surface area is 126 Å². The number of hydrazine groups is 1. The van der Waals surface area contributed by atoms with Crippen LogP contribution in [0.15, 0.2) is 42.5 Å². The van der Waals surface area contributed by atoms with Gasteiger partial charge in [0.15, 0.2) is 0 Å². The molecule has 0 heterocycles. The maximum Gasteiger partial charge on any atom is 0.270 e. The molecule has 0 atom stereocenters. The number of non-ortho nitro benzene ring substituents is 1. The molecule has 0 unspecified atom stereocenters. The molecule has 0 aromatic heterocycles. The average molecular weight is 301 g/mol. The molecule has 0 fully saturated rings. The van der Waals surface area contributed by atoms with Crippen molar-refractivity contribution in [2.24, 2.45) is 5.84 Å². The summed E-state index contributed by atoms with van der Waals surface area (Å²) in [4.78, 5) is 22.3. The van der Waals surface area contributed by atoms with Gasteiger partial charge in [0, 0.05) is 24.1 Å². The zero-order chi connectivity index (χ0) is 16.1. The first kappa shape index (κ1) is 15.5. The summed E-state index contributed by atoms with van der Waals surface area (Å²) < 4.78 is 5.27. The molecule has 1 amide bonds. The van der Waals surface area contributed by atoms with Crippen molar-refractivity contribution in [1.82, 2.24) is 5.43 Å². The summed E-state index contributed by atoms with van der Waals surface area (Å²) in [5, 5.41) is 11.1. The van der Waals surface area contributed by atoms with Crippen molar-refractivity contribution in [1.29, 1.82) is 0 Å². The van der Waals surface area contributed by atoms with Crippen molar-refractivity contribution in [2.75, 3.05) is 7.11 Å². The maximum absolute atomic E-state index is 11.8. The third-order valence-electron chi connectivity index (χ3n) is 3.18. The van der Waals surface area contributed by atoms with Gasteiger partial charge >= 0.3 is 0 Å². The number of nitro groups is 1. The Morgan fingerprint density at radius 1 is 1.32 bits per heavy atom. The van der Waals surface area contributed by atoms with Gasteiger partial charge < -0.3 is 4.74 Å². The fourth-order valence-electron chi connectivity index (χ4n) is 2.21. The number of nitrogens with zero attached hydrogens (tertiary/aromatic N) is 1. The molecule has 7 nitrogen and oxygen atoms in total. The molecular formula is C15H15N3O4. The van der Waals surface area contributed by atoms with Crippen LogP contribution in [0, 0.1) is 10.1 Å². The van der Waals surface area contributed by atoms with Gasteiger partial charge in [0.25, 0.3) is 11.6 Å². The summed E-state index contributed by atoms with van der Waals surface area (Å²) in [6.07, 6.45) is 0.399. The fourth-order valence-corrected chi connectivity index (χ4v) is 2.21. The summed E-state index contributed by atoms with van der Waals surface area (Å²) in [6, 6.07) is 11.9. The summed E-state index contributed by atoms with van der Waals surface area (Å²) in [7, 11) is 1.41. The maximum atomic E-state index is 11.8. The van der Waals surface area contributed by atoms with Gasteiger partial charge in [-0.25, -0.2) is 5.84 Å². The lowest BCUT2D eigenvalue weighted by Gasteiger charge is -2.13. The van der Waals surface area contributed by atoms with Crippen molar-refractivity contribution < 1.29 is 14.5 Å². The molecular weight excluding hydrogens is 286 g/mol. The molecule has 0 saturated heterocycles. The van der Waals surface area contributed by atoms with Crippen LogP contribution in [0.5, 0.6) is 5.75 Å². The zero-order valence-corrected chi connectivity index (χ0v) is 11.9. The minimum Gasteiger partial charge on any atom is -0.496 e. The molecule has 2 aromatic rings. The monoisotopic (exact) mass is 301 g/mol. The number of hydrogen-bond donors (Lipinski definition) is 2. The molecule has 22 heavy (non-hydrogen) atoms. The van der Waals surface area contributed by atoms with E-state index in [4.69, 9.17) is 10.6 Å². The van der Waals surface area contributed by atoms with Gasteiger partial charge in [-0.15, -0.1) is 0 Å². The van der Waals surface area contributed by atoms with Gasteiger partial charge in [0.2, 0.25) is 0 Å². The quantitative estimate of drug-likeness (QED) is 0.379. The lowest BCUT2D eigenvalue weighted by atomic mass is 10.00. The largest absolute Gasteiger partial charge is 0.496 e. The van der Waals surface area contributed by atoms with Crippen LogP contribution in [0.25, 0.3) is 0 Å². The molecule has 2 rings (SSSR count). The third kappa shape index (κ3) is 3.21. The number of nitro benzene ring substituents is 1. The number of carbonyl (C=O) groups is 1. The van der Waals surface area contributed by atoms with E-state index in [-0.39, 0.29) is 17.0 Å². The number of carbonyl (C=O) groups excluding carboxylic acids is 1. The fraction of sp³-hybridized carbons (Fsp3) is 0.133. The van der Waals surface area contributed by atoms with E-state index in [0.717, 1.165) is 11.6 Å². The van der Waals surface area contributed by atoms with Crippen LogP contribution >= 0.6 is 0 Å². The predicted molar refractivity (Wildman–Crippen MR) is 80.6 cm³/mol. The summed E-state index contributed by atoms with van der Waals surface area (Å²) in [5.74, 6) is 4.76. The highest BCUT2D eigenvalue weighted by molar-refractivity contribution is 5.97. The van der Waals surface area contributed by atoms with Gasteiger partial charge in [0.1, 0.15) is 5.75 Å². The van der Waals surface area contributed by atoms with E-state index in [2.05, 4.69) is 0 Å². The van der Waals surface area contributed by atoms with Gasteiger partial charge in [-0.3, -0.25) is 20.3 Å².